The first-order chi connectivity index (χ1) is 12.5. The van der Waals surface area contributed by atoms with Crippen LogP contribution in [-0.4, -0.2) is 35.2 Å². The maximum atomic E-state index is 12.3. The number of carbonyl (C=O) groups is 1. The SMILES string of the molecule is CCOC(=O)c1nc(-c2ccc(Br)cc2)cn1CCCC(C)(C)[Si](C)(C)O. The Kier molecular flexibility index (Phi) is 7.05. The van der Waals surface area contributed by atoms with Crippen molar-refractivity contribution < 1.29 is 14.3 Å². The molecule has 0 bridgehead atoms. The highest BCUT2D eigenvalue weighted by Gasteiger charge is 2.37. The quantitative estimate of drug-likeness (QED) is 0.438. The lowest BCUT2D eigenvalue weighted by Crippen LogP contribution is -2.39. The zero-order chi connectivity index (χ0) is 20.2. The molecule has 0 saturated carbocycles. The zero-order valence-corrected chi connectivity index (χ0v) is 19.3. The Bertz CT molecular complexity index is 780. The fraction of sp³-hybridized carbons (Fsp3) is 0.500. The molecule has 0 amide bonds. The lowest BCUT2D eigenvalue weighted by Gasteiger charge is -2.35. The van der Waals surface area contributed by atoms with E-state index in [2.05, 4.69) is 34.8 Å². The van der Waals surface area contributed by atoms with E-state index in [-0.39, 0.29) is 5.04 Å². The lowest BCUT2D eigenvalue weighted by molar-refractivity contribution is 0.0506. The Morgan fingerprint density at radius 3 is 2.48 bits per heavy atom. The number of aromatic nitrogens is 2. The molecule has 0 radical (unpaired) electrons. The van der Waals surface area contributed by atoms with Gasteiger partial charge in [0, 0.05) is 22.8 Å². The molecule has 0 unspecified atom stereocenters. The van der Waals surface area contributed by atoms with Crippen molar-refractivity contribution in [3.8, 4) is 11.3 Å². The van der Waals surface area contributed by atoms with Crippen molar-refractivity contribution >= 4 is 30.2 Å². The Hall–Kier alpha value is -1.44. The van der Waals surface area contributed by atoms with Crippen LogP contribution in [0.4, 0.5) is 0 Å². The molecule has 27 heavy (non-hydrogen) atoms. The molecule has 0 aliphatic rings. The average molecular weight is 453 g/mol. The fourth-order valence-electron chi connectivity index (χ4n) is 2.70. The van der Waals surface area contributed by atoms with Crippen molar-refractivity contribution in [3.05, 3.63) is 40.8 Å². The third-order valence-electron chi connectivity index (χ3n) is 5.23. The zero-order valence-electron chi connectivity index (χ0n) is 16.8. The van der Waals surface area contributed by atoms with E-state index in [4.69, 9.17) is 4.74 Å². The number of benzene rings is 1. The predicted octanol–water partition coefficient (Wildman–Crippen LogP) is 5.25. The minimum absolute atomic E-state index is 0.0911. The topological polar surface area (TPSA) is 64.3 Å². The van der Waals surface area contributed by atoms with Gasteiger partial charge in [-0.2, -0.15) is 0 Å². The molecule has 0 aliphatic heterocycles. The Balaban J connectivity index is 2.23. The summed E-state index contributed by atoms with van der Waals surface area (Å²) in [5, 5.41) is -0.0911. The first-order valence-corrected chi connectivity index (χ1v) is 13.0. The van der Waals surface area contributed by atoms with Crippen molar-refractivity contribution in [2.75, 3.05) is 6.61 Å². The Labute approximate surface area is 171 Å². The van der Waals surface area contributed by atoms with E-state index in [0.717, 1.165) is 28.6 Å². The molecular weight excluding hydrogens is 424 g/mol. The average Bonchev–Trinajstić information content (AvgIpc) is 2.99. The van der Waals surface area contributed by atoms with Gasteiger partial charge < -0.3 is 14.1 Å². The maximum absolute atomic E-state index is 12.3. The van der Waals surface area contributed by atoms with Gasteiger partial charge in [-0.05, 0) is 50.0 Å². The van der Waals surface area contributed by atoms with Crippen molar-refractivity contribution in [3.63, 3.8) is 0 Å². The summed E-state index contributed by atoms with van der Waals surface area (Å²) in [7, 11) is -2.24. The van der Waals surface area contributed by atoms with Crippen molar-refractivity contribution in [2.45, 2.75) is 58.3 Å². The molecule has 0 spiro atoms. The highest BCUT2D eigenvalue weighted by Crippen LogP contribution is 2.39. The Morgan fingerprint density at radius 2 is 1.93 bits per heavy atom. The van der Waals surface area contributed by atoms with E-state index < -0.39 is 14.3 Å². The summed E-state index contributed by atoms with van der Waals surface area (Å²) in [6, 6.07) is 7.84. The molecular formula is C20H29BrN2O3Si. The smallest absolute Gasteiger partial charge is 0.374 e. The molecule has 0 atom stereocenters. The predicted molar refractivity (Wildman–Crippen MR) is 114 cm³/mol. The number of ether oxygens (including phenoxy) is 1. The summed E-state index contributed by atoms with van der Waals surface area (Å²) in [6.45, 7) is 10.9. The molecule has 7 heteroatoms. The molecule has 0 fully saturated rings. The molecule has 1 heterocycles. The van der Waals surface area contributed by atoms with Gasteiger partial charge in [-0.1, -0.05) is 41.9 Å². The van der Waals surface area contributed by atoms with Crippen molar-refractivity contribution in [1.82, 2.24) is 9.55 Å². The second-order valence-electron chi connectivity index (χ2n) is 7.92. The van der Waals surface area contributed by atoms with Gasteiger partial charge in [0.15, 0.2) is 8.32 Å². The minimum atomic E-state index is -2.24. The summed E-state index contributed by atoms with van der Waals surface area (Å²) in [5.41, 5.74) is 1.70. The van der Waals surface area contributed by atoms with Gasteiger partial charge in [0.05, 0.1) is 12.3 Å². The van der Waals surface area contributed by atoms with E-state index in [1.807, 2.05) is 48.1 Å². The molecule has 2 rings (SSSR count). The monoisotopic (exact) mass is 452 g/mol. The summed E-state index contributed by atoms with van der Waals surface area (Å²) in [6.07, 6.45) is 3.65. The van der Waals surface area contributed by atoms with Crippen LogP contribution in [0.3, 0.4) is 0 Å². The lowest BCUT2D eigenvalue weighted by atomic mass is 10.1. The Morgan fingerprint density at radius 1 is 1.30 bits per heavy atom. The van der Waals surface area contributed by atoms with Gasteiger partial charge in [0.1, 0.15) is 0 Å². The standard InChI is InChI=1S/C20H29BrN2O3Si/c1-6-26-19(24)18-22-17(15-8-10-16(21)11-9-15)14-23(18)13-7-12-20(2,3)27(4,5)25/h8-11,14,25H,6-7,12-13H2,1-5H3. The van der Waals surface area contributed by atoms with E-state index in [1.165, 1.54) is 0 Å². The summed E-state index contributed by atoms with van der Waals surface area (Å²) in [4.78, 5) is 27.3. The summed E-state index contributed by atoms with van der Waals surface area (Å²) < 4.78 is 8.04. The molecule has 1 aromatic heterocycles. The van der Waals surface area contributed by atoms with Crippen LogP contribution in [0.5, 0.6) is 0 Å². The van der Waals surface area contributed by atoms with Gasteiger partial charge in [-0.15, -0.1) is 0 Å². The van der Waals surface area contributed by atoms with Crippen LogP contribution in [0.2, 0.25) is 18.1 Å². The van der Waals surface area contributed by atoms with E-state index in [0.29, 0.717) is 19.0 Å². The molecule has 1 aromatic carbocycles. The summed E-state index contributed by atoms with van der Waals surface area (Å²) >= 11 is 3.43. The van der Waals surface area contributed by atoms with Gasteiger partial charge in [-0.3, -0.25) is 0 Å². The number of imidazole rings is 1. The third-order valence-corrected chi connectivity index (χ3v) is 9.32. The highest BCUT2D eigenvalue weighted by atomic mass is 79.9. The van der Waals surface area contributed by atoms with Gasteiger partial charge in [0.2, 0.25) is 5.82 Å². The number of nitrogens with zero attached hydrogens (tertiary/aromatic N) is 2. The molecule has 148 valence electrons. The first-order valence-electron chi connectivity index (χ1n) is 9.28. The third kappa shape index (κ3) is 5.52. The molecule has 0 saturated heterocycles. The van der Waals surface area contributed by atoms with Gasteiger partial charge >= 0.3 is 5.97 Å². The number of halogens is 1. The van der Waals surface area contributed by atoms with Crippen LogP contribution in [0.25, 0.3) is 11.3 Å². The number of aryl methyl sites for hydroxylation is 1. The largest absolute Gasteiger partial charge is 0.460 e. The number of hydrogen-bond donors (Lipinski definition) is 1. The number of esters is 1. The number of hydrogen-bond acceptors (Lipinski definition) is 4. The molecule has 0 aliphatic carbocycles. The van der Waals surface area contributed by atoms with Gasteiger partial charge in [0.25, 0.3) is 0 Å². The number of carbonyl (C=O) groups excluding carboxylic acids is 1. The van der Waals surface area contributed by atoms with Crippen LogP contribution in [-0.2, 0) is 11.3 Å². The van der Waals surface area contributed by atoms with Gasteiger partial charge in [-0.25, -0.2) is 9.78 Å². The van der Waals surface area contributed by atoms with Crippen LogP contribution in [0, 0.1) is 0 Å². The van der Waals surface area contributed by atoms with Crippen LogP contribution in [0.15, 0.2) is 34.9 Å². The second-order valence-corrected chi connectivity index (χ2v) is 13.3. The van der Waals surface area contributed by atoms with Crippen LogP contribution < -0.4 is 0 Å². The van der Waals surface area contributed by atoms with Crippen LogP contribution in [0.1, 0.15) is 44.2 Å². The first kappa shape index (κ1) is 21.9. The molecule has 5 nitrogen and oxygen atoms in total. The van der Waals surface area contributed by atoms with E-state index in [1.54, 1.807) is 6.92 Å². The number of rotatable bonds is 8. The summed E-state index contributed by atoms with van der Waals surface area (Å²) in [5.74, 6) is -0.0786. The van der Waals surface area contributed by atoms with Crippen molar-refractivity contribution in [1.29, 1.82) is 0 Å². The molecule has 2 aromatic rings. The highest BCUT2D eigenvalue weighted by molar-refractivity contribution is 9.10. The fourth-order valence-corrected chi connectivity index (χ4v) is 3.75. The van der Waals surface area contributed by atoms with Crippen LogP contribution >= 0.6 is 15.9 Å². The maximum Gasteiger partial charge on any atom is 0.374 e. The van der Waals surface area contributed by atoms with Crippen molar-refractivity contribution in [2.24, 2.45) is 0 Å². The van der Waals surface area contributed by atoms with E-state index in [9.17, 15) is 9.59 Å². The molecule has 1 N–H and O–H groups in total. The normalized spacial score (nSPS) is 12.3. The van der Waals surface area contributed by atoms with E-state index >= 15 is 0 Å². The second kappa shape index (κ2) is 8.71. The minimum Gasteiger partial charge on any atom is -0.460 e.